The van der Waals surface area contributed by atoms with Gasteiger partial charge in [0.15, 0.2) is 11.5 Å². The summed E-state index contributed by atoms with van der Waals surface area (Å²) in [7, 11) is 3.29. The van der Waals surface area contributed by atoms with Gasteiger partial charge in [-0.05, 0) is 27.2 Å². The van der Waals surface area contributed by atoms with Crippen LogP contribution in [0.3, 0.4) is 0 Å². The topological polar surface area (TPSA) is 36.9 Å². The fourth-order valence-corrected chi connectivity index (χ4v) is 2.24. The number of fused-ring (bicyclic) bond motifs is 1. The first kappa shape index (κ1) is 13.6. The lowest BCUT2D eigenvalue weighted by atomic mass is 10.0. The summed E-state index contributed by atoms with van der Waals surface area (Å²) in [6.45, 7) is 6.36. The number of allylic oxidation sites excluding steroid dienone is 2. The molecule has 4 heteroatoms. The van der Waals surface area contributed by atoms with Gasteiger partial charge in [-0.3, -0.25) is 0 Å². The quantitative estimate of drug-likeness (QED) is 0.782. The van der Waals surface area contributed by atoms with Crippen LogP contribution >= 0.6 is 0 Å². The largest absolute Gasteiger partial charge is 0.492 e. The van der Waals surface area contributed by atoms with Crippen LogP contribution in [-0.2, 0) is 6.42 Å². The van der Waals surface area contributed by atoms with Crippen LogP contribution in [0.15, 0.2) is 11.6 Å². The van der Waals surface area contributed by atoms with E-state index in [1.807, 2.05) is 6.92 Å². The second kappa shape index (κ2) is 5.43. The summed E-state index contributed by atoms with van der Waals surface area (Å²) in [5.74, 6) is 2.74. The van der Waals surface area contributed by atoms with Gasteiger partial charge in [0, 0.05) is 11.1 Å². The smallest absolute Gasteiger partial charge is 0.231 e. The van der Waals surface area contributed by atoms with Crippen molar-refractivity contribution in [1.82, 2.24) is 0 Å². The average molecular weight is 264 g/mol. The van der Waals surface area contributed by atoms with Gasteiger partial charge in [0.2, 0.25) is 18.3 Å². The molecule has 0 bridgehead atoms. The van der Waals surface area contributed by atoms with Gasteiger partial charge in [-0.25, -0.2) is 0 Å². The molecule has 0 amide bonds. The van der Waals surface area contributed by atoms with Gasteiger partial charge < -0.3 is 18.9 Å². The Labute approximate surface area is 113 Å². The zero-order valence-corrected chi connectivity index (χ0v) is 12.1. The van der Waals surface area contributed by atoms with E-state index in [4.69, 9.17) is 18.9 Å². The Morgan fingerprint density at radius 3 is 2.21 bits per heavy atom. The van der Waals surface area contributed by atoms with Crippen molar-refractivity contribution in [2.75, 3.05) is 21.0 Å². The molecule has 2 rings (SSSR count). The highest BCUT2D eigenvalue weighted by molar-refractivity contribution is 5.68. The van der Waals surface area contributed by atoms with Gasteiger partial charge in [0.1, 0.15) is 0 Å². The van der Waals surface area contributed by atoms with Crippen molar-refractivity contribution in [3.63, 3.8) is 0 Å². The minimum absolute atomic E-state index is 0.202. The predicted molar refractivity (Wildman–Crippen MR) is 73.5 cm³/mol. The van der Waals surface area contributed by atoms with E-state index in [1.165, 1.54) is 5.57 Å². The highest BCUT2D eigenvalue weighted by atomic mass is 16.7. The molecular formula is C15H20O4. The second-order valence-corrected chi connectivity index (χ2v) is 4.72. The standard InChI is InChI=1S/C15H20O4/c1-9(2)6-7-11-10(3)12(16-4)14-15(13(11)17-5)19-8-18-14/h6H,7-8H2,1-5H3. The van der Waals surface area contributed by atoms with Crippen LogP contribution in [0, 0.1) is 6.92 Å². The van der Waals surface area contributed by atoms with Crippen LogP contribution in [-0.4, -0.2) is 21.0 Å². The molecule has 0 fully saturated rings. The van der Waals surface area contributed by atoms with Crippen LogP contribution < -0.4 is 18.9 Å². The van der Waals surface area contributed by atoms with E-state index in [-0.39, 0.29) is 6.79 Å². The minimum atomic E-state index is 0.202. The van der Waals surface area contributed by atoms with Crippen LogP contribution in [0.1, 0.15) is 25.0 Å². The Hall–Kier alpha value is -1.84. The molecule has 4 nitrogen and oxygen atoms in total. The van der Waals surface area contributed by atoms with Crippen molar-refractivity contribution in [2.45, 2.75) is 27.2 Å². The molecule has 1 aromatic carbocycles. The number of rotatable bonds is 4. The van der Waals surface area contributed by atoms with E-state index in [1.54, 1.807) is 14.2 Å². The zero-order valence-electron chi connectivity index (χ0n) is 12.1. The summed E-state index contributed by atoms with van der Waals surface area (Å²) >= 11 is 0. The Balaban J connectivity index is 2.61. The van der Waals surface area contributed by atoms with E-state index >= 15 is 0 Å². The maximum Gasteiger partial charge on any atom is 0.231 e. The molecule has 1 aliphatic rings. The molecule has 19 heavy (non-hydrogen) atoms. The monoisotopic (exact) mass is 264 g/mol. The minimum Gasteiger partial charge on any atom is -0.492 e. The number of benzene rings is 1. The van der Waals surface area contributed by atoms with Crippen molar-refractivity contribution in [2.24, 2.45) is 0 Å². The fourth-order valence-electron chi connectivity index (χ4n) is 2.24. The molecule has 1 heterocycles. The van der Waals surface area contributed by atoms with Gasteiger partial charge in [0.25, 0.3) is 0 Å². The number of ether oxygens (including phenoxy) is 4. The third kappa shape index (κ3) is 2.35. The van der Waals surface area contributed by atoms with E-state index in [2.05, 4.69) is 19.9 Å². The van der Waals surface area contributed by atoms with Crippen LogP contribution in [0.2, 0.25) is 0 Å². The molecule has 0 spiro atoms. The van der Waals surface area contributed by atoms with Gasteiger partial charge in [0.05, 0.1) is 14.2 Å². The van der Waals surface area contributed by atoms with Crippen molar-refractivity contribution in [1.29, 1.82) is 0 Å². The Bertz CT molecular complexity index is 514. The Morgan fingerprint density at radius 2 is 1.68 bits per heavy atom. The summed E-state index contributed by atoms with van der Waals surface area (Å²) in [5, 5.41) is 0. The molecule has 104 valence electrons. The molecular weight excluding hydrogens is 244 g/mol. The Morgan fingerprint density at radius 1 is 1.11 bits per heavy atom. The maximum absolute atomic E-state index is 5.52. The first-order chi connectivity index (χ1) is 9.10. The number of hydrogen-bond acceptors (Lipinski definition) is 4. The number of methoxy groups -OCH3 is 2. The maximum atomic E-state index is 5.52. The van der Waals surface area contributed by atoms with Crippen molar-refractivity contribution < 1.29 is 18.9 Å². The highest BCUT2D eigenvalue weighted by Crippen LogP contribution is 2.52. The SMILES string of the molecule is COc1c(C)c(CC=C(C)C)c(OC)c2c1OCO2. The summed E-state index contributed by atoms with van der Waals surface area (Å²) in [6, 6.07) is 0. The lowest BCUT2D eigenvalue weighted by Gasteiger charge is -2.16. The molecule has 0 atom stereocenters. The van der Waals surface area contributed by atoms with Crippen molar-refractivity contribution in [3.05, 3.63) is 22.8 Å². The first-order valence-electron chi connectivity index (χ1n) is 6.26. The van der Waals surface area contributed by atoms with Crippen molar-refractivity contribution >= 4 is 0 Å². The van der Waals surface area contributed by atoms with Gasteiger partial charge in [-0.1, -0.05) is 11.6 Å². The normalized spacial score (nSPS) is 12.3. The summed E-state index contributed by atoms with van der Waals surface area (Å²) in [4.78, 5) is 0. The van der Waals surface area contributed by atoms with E-state index in [9.17, 15) is 0 Å². The van der Waals surface area contributed by atoms with Crippen molar-refractivity contribution in [3.8, 4) is 23.0 Å². The Kier molecular flexibility index (Phi) is 3.88. The third-order valence-corrected chi connectivity index (χ3v) is 3.22. The lowest BCUT2D eigenvalue weighted by Crippen LogP contribution is -2.00. The van der Waals surface area contributed by atoms with Gasteiger partial charge >= 0.3 is 0 Å². The molecule has 0 N–H and O–H groups in total. The zero-order chi connectivity index (χ0) is 14.0. The van der Waals surface area contributed by atoms with Gasteiger partial charge in [-0.15, -0.1) is 0 Å². The third-order valence-electron chi connectivity index (χ3n) is 3.22. The molecule has 0 aliphatic carbocycles. The highest BCUT2D eigenvalue weighted by Gasteiger charge is 2.29. The molecule has 0 radical (unpaired) electrons. The number of hydrogen-bond donors (Lipinski definition) is 0. The molecule has 0 aromatic heterocycles. The van der Waals surface area contributed by atoms with Gasteiger partial charge in [-0.2, -0.15) is 0 Å². The summed E-state index contributed by atoms with van der Waals surface area (Å²) in [5.41, 5.74) is 3.36. The van der Waals surface area contributed by atoms with Crippen LogP contribution in [0.4, 0.5) is 0 Å². The average Bonchev–Trinajstić information content (AvgIpc) is 2.84. The summed E-state index contributed by atoms with van der Waals surface area (Å²) < 4.78 is 22.0. The first-order valence-corrected chi connectivity index (χ1v) is 6.26. The lowest BCUT2D eigenvalue weighted by molar-refractivity contribution is 0.168. The molecule has 0 unspecified atom stereocenters. The van der Waals surface area contributed by atoms with Crippen LogP contribution in [0.25, 0.3) is 0 Å². The van der Waals surface area contributed by atoms with Crippen LogP contribution in [0.5, 0.6) is 23.0 Å². The van der Waals surface area contributed by atoms with E-state index in [0.29, 0.717) is 11.5 Å². The van der Waals surface area contributed by atoms with E-state index in [0.717, 1.165) is 29.0 Å². The van der Waals surface area contributed by atoms with E-state index < -0.39 is 0 Å². The molecule has 1 aliphatic heterocycles. The second-order valence-electron chi connectivity index (χ2n) is 4.72. The predicted octanol–water partition coefficient (Wildman–Crippen LogP) is 3.25. The summed E-state index contributed by atoms with van der Waals surface area (Å²) in [6.07, 6.45) is 2.94. The molecule has 0 saturated carbocycles. The molecule has 0 saturated heterocycles. The fraction of sp³-hybridized carbons (Fsp3) is 0.467. The molecule has 1 aromatic rings.